The van der Waals surface area contributed by atoms with Gasteiger partial charge in [-0.1, -0.05) is 37.5 Å². The third kappa shape index (κ3) is 3.72. The molecule has 0 N–H and O–H groups in total. The van der Waals surface area contributed by atoms with Gasteiger partial charge in [0.2, 0.25) is 0 Å². The van der Waals surface area contributed by atoms with Crippen molar-refractivity contribution in [2.75, 3.05) is 12.0 Å². The number of fused-ring (bicyclic) bond motifs is 3. The lowest BCUT2D eigenvalue weighted by Crippen LogP contribution is -2.42. The van der Waals surface area contributed by atoms with Gasteiger partial charge in [-0.05, 0) is 56.9 Å². The first kappa shape index (κ1) is 20.9. The number of imidazole rings is 1. The minimum atomic E-state index is -0.308. The number of ether oxygens (including phenoxy) is 2. The van der Waals surface area contributed by atoms with Crippen molar-refractivity contribution in [2.24, 2.45) is 0 Å². The van der Waals surface area contributed by atoms with Gasteiger partial charge in [0.1, 0.15) is 18.2 Å². The quantitative estimate of drug-likeness (QED) is 0.504. The molecule has 2 aromatic carbocycles. The molecule has 1 aliphatic carbocycles. The normalized spacial score (nSPS) is 19.1. The Hall–Kier alpha value is -3.02. The van der Waals surface area contributed by atoms with E-state index in [0.717, 1.165) is 46.7 Å². The van der Waals surface area contributed by atoms with Gasteiger partial charge in [0.25, 0.3) is 0 Å². The number of methoxy groups -OCH3 is 1. The van der Waals surface area contributed by atoms with Crippen LogP contribution in [-0.4, -0.2) is 28.8 Å². The van der Waals surface area contributed by atoms with E-state index in [1.807, 2.05) is 30.3 Å². The molecule has 1 aliphatic heterocycles. The van der Waals surface area contributed by atoms with Crippen molar-refractivity contribution in [3.05, 3.63) is 53.9 Å². The molecule has 32 heavy (non-hydrogen) atoms. The molecule has 0 unspecified atom stereocenters. The molecule has 5 rings (SSSR count). The van der Waals surface area contributed by atoms with E-state index in [9.17, 15) is 4.79 Å². The summed E-state index contributed by atoms with van der Waals surface area (Å²) >= 11 is 0. The fourth-order valence-electron chi connectivity index (χ4n) is 5.34. The van der Waals surface area contributed by atoms with Crippen LogP contribution in [0.3, 0.4) is 0 Å². The number of hydrogen-bond acceptors (Lipinski definition) is 4. The maximum atomic E-state index is 12.5. The van der Waals surface area contributed by atoms with Crippen LogP contribution in [0.5, 0.6) is 5.75 Å². The van der Waals surface area contributed by atoms with Gasteiger partial charge in [-0.15, -0.1) is 0 Å². The van der Waals surface area contributed by atoms with E-state index in [1.54, 1.807) is 4.90 Å². The molecule has 6 heteroatoms. The summed E-state index contributed by atoms with van der Waals surface area (Å²) in [5, 5.41) is 0. The lowest BCUT2D eigenvalue weighted by molar-refractivity contribution is 0.175. The lowest BCUT2D eigenvalue weighted by atomic mass is 9.94. The molecular formula is C26H31N3O3. The molecule has 0 saturated heterocycles. The zero-order valence-corrected chi connectivity index (χ0v) is 18.9. The van der Waals surface area contributed by atoms with Crippen molar-refractivity contribution < 1.29 is 14.3 Å². The summed E-state index contributed by atoms with van der Waals surface area (Å²) in [6, 6.07) is 14.7. The molecule has 1 amide bonds. The summed E-state index contributed by atoms with van der Waals surface area (Å²) in [6.45, 7) is 2.50. The topological polar surface area (TPSA) is 56.6 Å². The van der Waals surface area contributed by atoms with Crippen LogP contribution in [0.4, 0.5) is 10.5 Å². The zero-order chi connectivity index (χ0) is 22.1. The number of aryl methyl sites for hydroxylation is 1. The van der Waals surface area contributed by atoms with Gasteiger partial charge in [0, 0.05) is 17.6 Å². The average Bonchev–Trinajstić information content (AvgIpc) is 3.22. The van der Waals surface area contributed by atoms with Crippen LogP contribution in [0.25, 0.3) is 11.0 Å². The van der Waals surface area contributed by atoms with Gasteiger partial charge < -0.3 is 14.0 Å². The van der Waals surface area contributed by atoms with Crippen molar-refractivity contribution in [3.63, 3.8) is 0 Å². The molecule has 3 aromatic rings. The Morgan fingerprint density at radius 2 is 1.84 bits per heavy atom. The zero-order valence-electron chi connectivity index (χ0n) is 18.9. The Morgan fingerprint density at radius 3 is 2.59 bits per heavy atom. The average molecular weight is 434 g/mol. The van der Waals surface area contributed by atoms with Gasteiger partial charge in [0.05, 0.1) is 23.8 Å². The fourth-order valence-corrected chi connectivity index (χ4v) is 5.34. The molecule has 168 valence electrons. The third-order valence-corrected chi connectivity index (χ3v) is 6.95. The molecule has 1 aromatic heterocycles. The monoisotopic (exact) mass is 433 g/mol. The highest BCUT2D eigenvalue weighted by Crippen LogP contribution is 2.39. The minimum absolute atomic E-state index is 0.105. The predicted molar refractivity (Wildman–Crippen MR) is 125 cm³/mol. The fraction of sp³-hybridized carbons (Fsp3) is 0.462. The molecule has 0 spiro atoms. The van der Waals surface area contributed by atoms with E-state index in [0.29, 0.717) is 12.6 Å². The van der Waals surface area contributed by atoms with E-state index in [2.05, 4.69) is 23.6 Å². The van der Waals surface area contributed by atoms with Gasteiger partial charge in [-0.3, -0.25) is 4.90 Å². The SMILES string of the molecule is COC(=O)N1c2ccc3c(nc(COc4ccccc4)n3C3CCCCC3)c2CC[C@@H]1C. The smallest absolute Gasteiger partial charge is 0.414 e. The highest BCUT2D eigenvalue weighted by atomic mass is 16.5. The van der Waals surface area contributed by atoms with Crippen LogP contribution >= 0.6 is 0 Å². The highest BCUT2D eigenvalue weighted by molar-refractivity contribution is 5.95. The number of para-hydroxylation sites is 1. The van der Waals surface area contributed by atoms with Crippen LogP contribution in [0, 0.1) is 0 Å². The number of aromatic nitrogens is 2. The molecule has 1 atom stereocenters. The summed E-state index contributed by atoms with van der Waals surface area (Å²) in [7, 11) is 1.44. The van der Waals surface area contributed by atoms with Crippen molar-refractivity contribution >= 4 is 22.8 Å². The Morgan fingerprint density at radius 1 is 1.06 bits per heavy atom. The molecule has 0 radical (unpaired) electrons. The standard InChI is InChI=1S/C26H31N3O3/c1-18-13-14-21-22(28(18)26(30)31-2)15-16-23-25(21)27-24(17-32-20-11-7-4-8-12-20)29(23)19-9-5-3-6-10-19/h4,7-8,11-12,15-16,18-19H,3,5-6,9-10,13-14,17H2,1-2H3/t18-/m0/s1. The first-order chi connectivity index (χ1) is 15.7. The minimum Gasteiger partial charge on any atom is -0.486 e. The number of benzene rings is 2. The number of anilines is 1. The second-order valence-electron chi connectivity index (χ2n) is 8.95. The largest absolute Gasteiger partial charge is 0.486 e. The maximum Gasteiger partial charge on any atom is 0.414 e. The summed E-state index contributed by atoms with van der Waals surface area (Å²) in [5.74, 6) is 1.81. The Balaban J connectivity index is 1.59. The van der Waals surface area contributed by atoms with Crippen molar-refractivity contribution in [1.29, 1.82) is 0 Å². The molecular weight excluding hydrogens is 402 g/mol. The van der Waals surface area contributed by atoms with Crippen LogP contribution in [-0.2, 0) is 17.8 Å². The van der Waals surface area contributed by atoms with Crippen molar-refractivity contribution in [2.45, 2.75) is 70.6 Å². The number of rotatable bonds is 4. The summed E-state index contributed by atoms with van der Waals surface area (Å²) in [5.41, 5.74) is 4.22. The first-order valence-electron chi connectivity index (χ1n) is 11.7. The summed E-state index contributed by atoms with van der Waals surface area (Å²) < 4.78 is 13.6. The van der Waals surface area contributed by atoms with Crippen molar-refractivity contribution in [1.82, 2.24) is 9.55 Å². The van der Waals surface area contributed by atoms with Crippen molar-refractivity contribution in [3.8, 4) is 5.75 Å². The van der Waals surface area contributed by atoms with E-state index < -0.39 is 0 Å². The summed E-state index contributed by atoms with van der Waals surface area (Å²) in [6.07, 6.45) is 7.65. The third-order valence-electron chi connectivity index (χ3n) is 6.95. The van der Waals surface area contributed by atoms with Crippen LogP contribution < -0.4 is 9.64 Å². The van der Waals surface area contributed by atoms with E-state index in [4.69, 9.17) is 14.5 Å². The lowest BCUT2D eigenvalue weighted by Gasteiger charge is -2.34. The Labute approximate surface area is 189 Å². The molecule has 6 nitrogen and oxygen atoms in total. The predicted octanol–water partition coefficient (Wildman–Crippen LogP) is 6.03. The molecule has 0 bridgehead atoms. The number of carbonyl (C=O) groups excluding carboxylic acids is 1. The van der Waals surface area contributed by atoms with E-state index in [1.165, 1.54) is 39.2 Å². The Kier molecular flexibility index (Phi) is 5.77. The van der Waals surface area contributed by atoms with Gasteiger partial charge >= 0.3 is 6.09 Å². The second-order valence-corrected chi connectivity index (χ2v) is 8.95. The maximum absolute atomic E-state index is 12.5. The van der Waals surface area contributed by atoms with Crippen LogP contribution in [0.15, 0.2) is 42.5 Å². The number of amides is 1. The van der Waals surface area contributed by atoms with Crippen LogP contribution in [0.2, 0.25) is 0 Å². The van der Waals surface area contributed by atoms with E-state index in [-0.39, 0.29) is 12.1 Å². The first-order valence-corrected chi connectivity index (χ1v) is 11.7. The Bertz CT molecular complexity index is 1100. The number of nitrogens with zero attached hydrogens (tertiary/aromatic N) is 3. The molecule has 1 saturated carbocycles. The second kappa shape index (κ2) is 8.85. The molecule has 2 heterocycles. The number of carbonyl (C=O) groups is 1. The summed E-state index contributed by atoms with van der Waals surface area (Å²) in [4.78, 5) is 19.4. The van der Waals surface area contributed by atoms with Gasteiger partial charge in [-0.2, -0.15) is 0 Å². The number of hydrogen-bond donors (Lipinski definition) is 0. The highest BCUT2D eigenvalue weighted by Gasteiger charge is 2.32. The molecule has 1 fully saturated rings. The van der Waals surface area contributed by atoms with Gasteiger partial charge in [0.15, 0.2) is 0 Å². The molecule has 2 aliphatic rings. The van der Waals surface area contributed by atoms with Crippen LogP contribution in [0.1, 0.15) is 62.9 Å². The van der Waals surface area contributed by atoms with Gasteiger partial charge in [-0.25, -0.2) is 9.78 Å². The van der Waals surface area contributed by atoms with E-state index >= 15 is 0 Å².